The fraction of sp³-hybridized carbons (Fsp3) is 0.214. The average molecular weight is 291 g/mol. The summed E-state index contributed by atoms with van der Waals surface area (Å²) in [6.45, 7) is 4.11. The molecule has 2 aromatic rings. The largest absolute Gasteiger partial charge is 0.305 e. The molecule has 0 unspecified atom stereocenters. The van der Waals surface area contributed by atoms with Gasteiger partial charge in [0.25, 0.3) is 5.91 Å². The number of benzene rings is 1. The summed E-state index contributed by atoms with van der Waals surface area (Å²) >= 11 is 1.58. The first-order chi connectivity index (χ1) is 9.56. The van der Waals surface area contributed by atoms with Gasteiger partial charge in [0.1, 0.15) is 10.8 Å². The average Bonchev–Trinajstić information content (AvgIpc) is 2.41. The molecular formula is C14H14FN3OS. The molecule has 0 saturated carbocycles. The summed E-state index contributed by atoms with van der Waals surface area (Å²) in [7, 11) is 0. The van der Waals surface area contributed by atoms with Crippen LogP contribution in [0.3, 0.4) is 0 Å². The minimum atomic E-state index is -0.565. The number of rotatable bonds is 4. The van der Waals surface area contributed by atoms with Crippen LogP contribution in [-0.4, -0.2) is 21.4 Å². The Labute approximate surface area is 120 Å². The van der Waals surface area contributed by atoms with Crippen LogP contribution in [-0.2, 0) is 0 Å². The molecule has 6 heteroatoms. The van der Waals surface area contributed by atoms with Crippen LogP contribution in [0.15, 0.2) is 41.4 Å². The molecule has 2 rings (SSSR count). The smallest absolute Gasteiger partial charge is 0.259 e. The van der Waals surface area contributed by atoms with Crippen molar-refractivity contribution < 1.29 is 9.18 Å². The predicted octanol–water partition coefficient (Wildman–Crippen LogP) is 3.37. The van der Waals surface area contributed by atoms with Gasteiger partial charge < -0.3 is 5.32 Å². The second-order valence-corrected chi connectivity index (χ2v) is 5.95. The number of anilines is 1. The third kappa shape index (κ3) is 3.77. The van der Waals surface area contributed by atoms with Gasteiger partial charge in [-0.15, -0.1) is 22.0 Å². The molecule has 20 heavy (non-hydrogen) atoms. The predicted molar refractivity (Wildman–Crippen MR) is 77.4 cm³/mol. The Kier molecular flexibility index (Phi) is 4.68. The molecular weight excluding hydrogens is 277 g/mol. The molecule has 0 aliphatic heterocycles. The van der Waals surface area contributed by atoms with Crippen LogP contribution in [0, 0.1) is 5.82 Å². The van der Waals surface area contributed by atoms with Gasteiger partial charge in [-0.25, -0.2) is 4.39 Å². The van der Waals surface area contributed by atoms with E-state index >= 15 is 0 Å². The van der Waals surface area contributed by atoms with Gasteiger partial charge in [-0.1, -0.05) is 26.0 Å². The number of nitrogens with one attached hydrogen (secondary N) is 1. The fourth-order valence-electron chi connectivity index (χ4n) is 1.52. The minimum Gasteiger partial charge on any atom is -0.305 e. The number of carbonyl (C=O) groups excluding carboxylic acids is 1. The van der Waals surface area contributed by atoms with E-state index < -0.39 is 11.7 Å². The van der Waals surface area contributed by atoms with E-state index in [1.54, 1.807) is 30.0 Å². The molecule has 4 nitrogen and oxygen atoms in total. The van der Waals surface area contributed by atoms with Gasteiger partial charge in [-0.2, -0.15) is 0 Å². The van der Waals surface area contributed by atoms with Gasteiger partial charge >= 0.3 is 0 Å². The Balaban J connectivity index is 2.07. The van der Waals surface area contributed by atoms with Crippen molar-refractivity contribution in [2.75, 3.05) is 5.32 Å². The highest BCUT2D eigenvalue weighted by molar-refractivity contribution is 7.99. The Hall–Kier alpha value is -1.95. The van der Waals surface area contributed by atoms with Crippen molar-refractivity contribution in [2.24, 2.45) is 0 Å². The summed E-state index contributed by atoms with van der Waals surface area (Å²) in [6, 6.07) is 9.21. The Bertz CT molecular complexity index is 602. The van der Waals surface area contributed by atoms with Gasteiger partial charge in [-0.3, -0.25) is 4.79 Å². The van der Waals surface area contributed by atoms with Crippen LogP contribution in [0.2, 0.25) is 0 Å². The molecule has 0 fully saturated rings. The minimum absolute atomic E-state index is 0.0186. The summed E-state index contributed by atoms with van der Waals surface area (Å²) in [5, 5.41) is 11.6. The quantitative estimate of drug-likeness (QED) is 0.878. The summed E-state index contributed by atoms with van der Waals surface area (Å²) in [5.41, 5.74) is -0.0186. The maximum Gasteiger partial charge on any atom is 0.259 e. The number of aromatic nitrogens is 2. The van der Waals surface area contributed by atoms with E-state index in [2.05, 4.69) is 29.4 Å². The Morgan fingerprint density at radius 1 is 1.20 bits per heavy atom. The van der Waals surface area contributed by atoms with E-state index in [0.29, 0.717) is 11.1 Å². The molecule has 1 aromatic heterocycles. The highest BCUT2D eigenvalue weighted by Gasteiger charge is 2.11. The molecule has 0 radical (unpaired) electrons. The molecule has 104 valence electrons. The van der Waals surface area contributed by atoms with Crippen LogP contribution >= 0.6 is 11.8 Å². The van der Waals surface area contributed by atoms with E-state index in [0.717, 1.165) is 5.03 Å². The maximum atomic E-state index is 13.5. The monoisotopic (exact) mass is 291 g/mol. The number of hydrogen-bond donors (Lipinski definition) is 1. The molecule has 1 amide bonds. The number of hydrogen-bond acceptors (Lipinski definition) is 4. The summed E-state index contributed by atoms with van der Waals surface area (Å²) in [5.74, 6) is -0.807. The zero-order chi connectivity index (χ0) is 14.5. The van der Waals surface area contributed by atoms with Gasteiger partial charge in [0.05, 0.1) is 5.56 Å². The zero-order valence-electron chi connectivity index (χ0n) is 11.1. The molecule has 0 saturated heterocycles. The lowest BCUT2D eigenvalue weighted by Gasteiger charge is -2.06. The second kappa shape index (κ2) is 6.47. The SMILES string of the molecule is CC(C)Sc1ccc(NC(=O)c2ccccc2F)nn1. The van der Waals surface area contributed by atoms with Gasteiger partial charge in [0.15, 0.2) is 5.82 Å². The van der Waals surface area contributed by atoms with Crippen molar-refractivity contribution in [3.05, 3.63) is 47.8 Å². The molecule has 0 spiro atoms. The van der Waals surface area contributed by atoms with Crippen LogP contribution in [0.5, 0.6) is 0 Å². The summed E-state index contributed by atoms with van der Waals surface area (Å²) in [4.78, 5) is 11.9. The molecule has 1 N–H and O–H groups in total. The lowest BCUT2D eigenvalue weighted by atomic mass is 10.2. The first kappa shape index (κ1) is 14.5. The summed E-state index contributed by atoms with van der Waals surface area (Å²) < 4.78 is 13.5. The highest BCUT2D eigenvalue weighted by Crippen LogP contribution is 2.20. The third-order valence-electron chi connectivity index (χ3n) is 2.36. The molecule has 0 bridgehead atoms. The second-order valence-electron chi connectivity index (χ2n) is 4.36. The standard InChI is InChI=1S/C14H14FN3OS/c1-9(2)20-13-8-7-12(17-18-13)16-14(19)10-5-3-4-6-11(10)15/h3-9H,1-2H3,(H,16,17,19). The topological polar surface area (TPSA) is 54.9 Å². The van der Waals surface area contributed by atoms with Crippen LogP contribution in [0.1, 0.15) is 24.2 Å². The number of thioether (sulfide) groups is 1. The van der Waals surface area contributed by atoms with Crippen molar-refractivity contribution in [2.45, 2.75) is 24.1 Å². The van der Waals surface area contributed by atoms with Gasteiger partial charge in [0.2, 0.25) is 0 Å². The lowest BCUT2D eigenvalue weighted by Crippen LogP contribution is -2.15. The molecule has 1 heterocycles. The maximum absolute atomic E-state index is 13.5. The number of carbonyl (C=O) groups is 1. The first-order valence-corrected chi connectivity index (χ1v) is 7.00. The van der Waals surface area contributed by atoms with E-state index in [1.165, 1.54) is 18.2 Å². The van der Waals surface area contributed by atoms with Gasteiger partial charge in [-0.05, 0) is 24.3 Å². The fourth-order valence-corrected chi connectivity index (χ4v) is 2.24. The lowest BCUT2D eigenvalue weighted by molar-refractivity contribution is 0.102. The molecule has 0 aliphatic carbocycles. The molecule has 0 atom stereocenters. The number of nitrogens with zero attached hydrogens (tertiary/aromatic N) is 2. The molecule has 0 aliphatic rings. The normalized spacial score (nSPS) is 10.6. The van der Waals surface area contributed by atoms with Crippen molar-refractivity contribution >= 4 is 23.5 Å². The van der Waals surface area contributed by atoms with Crippen molar-refractivity contribution in [3.8, 4) is 0 Å². The van der Waals surface area contributed by atoms with E-state index in [9.17, 15) is 9.18 Å². The van der Waals surface area contributed by atoms with Crippen LogP contribution in [0.25, 0.3) is 0 Å². The van der Waals surface area contributed by atoms with Gasteiger partial charge in [0, 0.05) is 5.25 Å². The number of halogens is 1. The number of amides is 1. The Morgan fingerprint density at radius 3 is 2.55 bits per heavy atom. The summed E-state index contributed by atoms with van der Waals surface area (Å²) in [6.07, 6.45) is 0. The van der Waals surface area contributed by atoms with E-state index in [-0.39, 0.29) is 5.56 Å². The third-order valence-corrected chi connectivity index (χ3v) is 3.29. The van der Waals surface area contributed by atoms with Crippen molar-refractivity contribution in [1.82, 2.24) is 10.2 Å². The van der Waals surface area contributed by atoms with Crippen LogP contribution in [0.4, 0.5) is 10.2 Å². The van der Waals surface area contributed by atoms with Crippen LogP contribution < -0.4 is 5.32 Å². The first-order valence-electron chi connectivity index (χ1n) is 6.12. The van der Waals surface area contributed by atoms with E-state index in [1.807, 2.05) is 0 Å². The van der Waals surface area contributed by atoms with Crippen molar-refractivity contribution in [3.63, 3.8) is 0 Å². The highest BCUT2D eigenvalue weighted by atomic mass is 32.2. The zero-order valence-corrected chi connectivity index (χ0v) is 11.9. The molecule has 1 aromatic carbocycles. The van der Waals surface area contributed by atoms with E-state index in [4.69, 9.17) is 0 Å². The Morgan fingerprint density at radius 2 is 1.95 bits per heavy atom. The van der Waals surface area contributed by atoms with Crippen molar-refractivity contribution in [1.29, 1.82) is 0 Å².